The molecule has 5 nitrogen and oxygen atoms in total. The molecule has 0 rings (SSSR count). The van der Waals surface area contributed by atoms with Gasteiger partial charge < -0.3 is 20.6 Å². The van der Waals surface area contributed by atoms with Gasteiger partial charge in [0.2, 0.25) is 5.91 Å². The van der Waals surface area contributed by atoms with Crippen LogP contribution in [0.2, 0.25) is 0 Å². The smallest absolute Gasteiger partial charge is 0.249 e. The fourth-order valence-corrected chi connectivity index (χ4v) is 8.05. The standard InChI is InChI=1S/C52H101NO4/c1-3-5-7-9-11-13-15-17-19-20-21-22-23-24-25-26-27-28-29-30-31-33-35-37-39-41-43-45-47-51(56)52(57)53-49(48-54)50(55)46-44-42-40-38-36-34-32-18-16-14-12-10-8-6-4-2/h21-22,24-25,49-51,54-56H,3-20,23,26-48H2,1-2H3,(H,53,57)/b22-21-,25-24-. The molecule has 0 spiro atoms. The van der Waals surface area contributed by atoms with Crippen molar-refractivity contribution >= 4 is 5.91 Å². The van der Waals surface area contributed by atoms with Crippen molar-refractivity contribution in [1.29, 1.82) is 0 Å². The predicted molar refractivity (Wildman–Crippen MR) is 250 cm³/mol. The van der Waals surface area contributed by atoms with E-state index in [-0.39, 0.29) is 6.61 Å². The molecule has 0 bridgehead atoms. The van der Waals surface area contributed by atoms with Gasteiger partial charge in [0.15, 0.2) is 0 Å². The van der Waals surface area contributed by atoms with Gasteiger partial charge >= 0.3 is 0 Å². The summed E-state index contributed by atoms with van der Waals surface area (Å²) in [5, 5.41) is 33.4. The first-order chi connectivity index (χ1) is 28.1. The van der Waals surface area contributed by atoms with Crippen LogP contribution in [0.5, 0.6) is 0 Å². The molecule has 0 aromatic carbocycles. The maximum Gasteiger partial charge on any atom is 0.249 e. The molecule has 0 radical (unpaired) electrons. The van der Waals surface area contributed by atoms with Gasteiger partial charge in [-0.15, -0.1) is 0 Å². The molecule has 0 aliphatic carbocycles. The van der Waals surface area contributed by atoms with Gasteiger partial charge in [0.1, 0.15) is 6.10 Å². The van der Waals surface area contributed by atoms with Crippen LogP contribution in [0.15, 0.2) is 24.3 Å². The molecule has 0 aromatic heterocycles. The molecular formula is C52H101NO4. The minimum Gasteiger partial charge on any atom is -0.394 e. The Hall–Kier alpha value is -1.17. The average molecular weight is 804 g/mol. The number of aliphatic hydroxyl groups is 3. The van der Waals surface area contributed by atoms with Crippen molar-refractivity contribution in [3.8, 4) is 0 Å². The molecule has 0 saturated carbocycles. The first-order valence-corrected chi connectivity index (χ1v) is 25.6. The van der Waals surface area contributed by atoms with E-state index in [9.17, 15) is 20.1 Å². The van der Waals surface area contributed by atoms with Crippen molar-refractivity contribution in [2.75, 3.05) is 6.61 Å². The number of unbranched alkanes of at least 4 members (excludes halogenated alkanes) is 35. The molecule has 0 aliphatic rings. The van der Waals surface area contributed by atoms with Gasteiger partial charge in [-0.2, -0.15) is 0 Å². The van der Waals surface area contributed by atoms with Gasteiger partial charge in [-0.3, -0.25) is 4.79 Å². The number of allylic oxidation sites excluding steroid dienone is 4. The van der Waals surface area contributed by atoms with Crippen molar-refractivity contribution < 1.29 is 20.1 Å². The molecule has 3 unspecified atom stereocenters. The number of hydrogen-bond acceptors (Lipinski definition) is 4. The summed E-state index contributed by atoms with van der Waals surface area (Å²) in [5.41, 5.74) is 0. The van der Waals surface area contributed by atoms with E-state index in [4.69, 9.17) is 0 Å². The number of amides is 1. The SMILES string of the molecule is CCCCCCCCCCC/C=C\C/C=C\CCCCCCCCCCCCCCC(O)C(=O)NC(CO)C(O)CCCCCCCCCCCCCCCCC. The Kier molecular flexibility index (Phi) is 46.5. The zero-order valence-corrected chi connectivity index (χ0v) is 38.5. The summed E-state index contributed by atoms with van der Waals surface area (Å²) in [7, 11) is 0. The van der Waals surface area contributed by atoms with Gasteiger partial charge in [0, 0.05) is 0 Å². The highest BCUT2D eigenvalue weighted by molar-refractivity contribution is 5.80. The van der Waals surface area contributed by atoms with Crippen LogP contribution >= 0.6 is 0 Å². The van der Waals surface area contributed by atoms with Crippen molar-refractivity contribution in [2.24, 2.45) is 0 Å². The number of carbonyl (C=O) groups is 1. The highest BCUT2D eigenvalue weighted by Crippen LogP contribution is 2.17. The van der Waals surface area contributed by atoms with Crippen LogP contribution in [-0.2, 0) is 4.79 Å². The molecule has 0 fully saturated rings. The molecule has 0 heterocycles. The molecular weight excluding hydrogens is 703 g/mol. The van der Waals surface area contributed by atoms with Gasteiger partial charge in [-0.05, 0) is 44.9 Å². The Morgan fingerprint density at radius 3 is 1.05 bits per heavy atom. The van der Waals surface area contributed by atoms with Crippen LogP contribution < -0.4 is 5.32 Å². The maximum absolute atomic E-state index is 12.5. The summed E-state index contributed by atoms with van der Waals surface area (Å²) in [4.78, 5) is 12.5. The van der Waals surface area contributed by atoms with E-state index in [1.165, 1.54) is 212 Å². The van der Waals surface area contributed by atoms with E-state index in [1.54, 1.807) is 0 Å². The molecule has 0 saturated heterocycles. The van der Waals surface area contributed by atoms with Gasteiger partial charge in [-0.1, -0.05) is 256 Å². The Bertz CT molecular complexity index is 844. The molecule has 3 atom stereocenters. The van der Waals surface area contributed by atoms with Crippen LogP contribution in [0.25, 0.3) is 0 Å². The summed E-state index contributed by atoms with van der Waals surface area (Å²) in [6, 6.07) is -0.711. The Morgan fingerprint density at radius 1 is 0.421 bits per heavy atom. The van der Waals surface area contributed by atoms with E-state index in [1.807, 2.05) is 0 Å². The molecule has 0 aromatic rings. The monoisotopic (exact) mass is 804 g/mol. The number of nitrogens with one attached hydrogen (secondary N) is 1. The van der Waals surface area contributed by atoms with Crippen molar-refractivity contribution in [3.05, 3.63) is 24.3 Å². The van der Waals surface area contributed by atoms with Gasteiger partial charge in [0.25, 0.3) is 0 Å². The lowest BCUT2D eigenvalue weighted by Crippen LogP contribution is -2.49. The van der Waals surface area contributed by atoms with E-state index in [2.05, 4.69) is 43.5 Å². The van der Waals surface area contributed by atoms with Crippen LogP contribution in [-0.4, -0.2) is 46.1 Å². The highest BCUT2D eigenvalue weighted by atomic mass is 16.3. The number of hydrogen-bond donors (Lipinski definition) is 4. The third kappa shape index (κ3) is 42.8. The summed E-state index contributed by atoms with van der Waals surface area (Å²) in [6.07, 6.45) is 59.2. The minimum atomic E-state index is -1.07. The lowest BCUT2D eigenvalue weighted by atomic mass is 10.0. The van der Waals surface area contributed by atoms with Gasteiger partial charge in [-0.25, -0.2) is 0 Å². The zero-order valence-electron chi connectivity index (χ0n) is 38.5. The fourth-order valence-electron chi connectivity index (χ4n) is 8.05. The van der Waals surface area contributed by atoms with Crippen molar-refractivity contribution in [3.63, 3.8) is 0 Å². The maximum atomic E-state index is 12.5. The normalized spacial score (nSPS) is 13.6. The van der Waals surface area contributed by atoms with E-state index in [0.29, 0.717) is 12.8 Å². The average Bonchev–Trinajstić information content (AvgIpc) is 3.22. The fraction of sp³-hybridized carbons (Fsp3) is 0.904. The second kappa shape index (κ2) is 47.5. The van der Waals surface area contributed by atoms with Crippen LogP contribution in [0, 0.1) is 0 Å². The molecule has 0 aliphatic heterocycles. The first-order valence-electron chi connectivity index (χ1n) is 25.6. The summed E-state index contributed by atoms with van der Waals surface area (Å²) < 4.78 is 0. The summed E-state index contributed by atoms with van der Waals surface area (Å²) in [5.74, 6) is -0.469. The lowest BCUT2D eigenvalue weighted by molar-refractivity contribution is -0.131. The second-order valence-corrected chi connectivity index (χ2v) is 17.7. The molecule has 57 heavy (non-hydrogen) atoms. The van der Waals surface area contributed by atoms with E-state index < -0.39 is 24.2 Å². The molecule has 338 valence electrons. The lowest BCUT2D eigenvalue weighted by Gasteiger charge is -2.23. The summed E-state index contributed by atoms with van der Waals surface area (Å²) >= 11 is 0. The Balaban J connectivity index is 3.55. The van der Waals surface area contributed by atoms with Crippen LogP contribution in [0.4, 0.5) is 0 Å². The van der Waals surface area contributed by atoms with E-state index >= 15 is 0 Å². The number of aliphatic hydroxyl groups excluding tert-OH is 3. The number of carbonyl (C=O) groups excluding carboxylic acids is 1. The van der Waals surface area contributed by atoms with Crippen molar-refractivity contribution in [2.45, 2.75) is 295 Å². The second-order valence-electron chi connectivity index (χ2n) is 17.7. The largest absolute Gasteiger partial charge is 0.394 e. The third-order valence-corrected chi connectivity index (χ3v) is 12.1. The van der Waals surface area contributed by atoms with E-state index in [0.717, 1.165) is 38.5 Å². The van der Waals surface area contributed by atoms with Crippen LogP contribution in [0.3, 0.4) is 0 Å². The Labute approximate surface area is 356 Å². The Morgan fingerprint density at radius 2 is 0.719 bits per heavy atom. The topological polar surface area (TPSA) is 89.8 Å². The molecule has 1 amide bonds. The third-order valence-electron chi connectivity index (χ3n) is 12.1. The number of rotatable bonds is 47. The summed E-state index contributed by atoms with van der Waals surface area (Å²) in [6.45, 7) is 4.25. The minimum absolute atomic E-state index is 0.312. The van der Waals surface area contributed by atoms with Gasteiger partial charge in [0.05, 0.1) is 18.8 Å². The van der Waals surface area contributed by atoms with Crippen LogP contribution in [0.1, 0.15) is 277 Å². The molecule has 4 N–H and O–H groups in total. The quantitative estimate of drug-likeness (QED) is 0.0364. The highest BCUT2D eigenvalue weighted by Gasteiger charge is 2.23. The first kappa shape index (κ1) is 55.8. The zero-order chi connectivity index (χ0) is 41.5. The van der Waals surface area contributed by atoms with Crippen molar-refractivity contribution in [1.82, 2.24) is 5.32 Å². The predicted octanol–water partition coefficient (Wildman–Crippen LogP) is 15.3. The molecule has 5 heteroatoms.